The van der Waals surface area contributed by atoms with Crippen molar-refractivity contribution >= 4 is 21.8 Å². The van der Waals surface area contributed by atoms with Crippen LogP contribution in [0, 0.1) is 11.6 Å². The highest BCUT2D eigenvalue weighted by Gasteiger charge is 2.25. The van der Waals surface area contributed by atoms with Gasteiger partial charge in [-0.15, -0.1) is 0 Å². The Morgan fingerprint density at radius 2 is 2.00 bits per heavy atom. The van der Waals surface area contributed by atoms with Gasteiger partial charge in [-0.1, -0.05) is 15.9 Å². The van der Waals surface area contributed by atoms with Gasteiger partial charge in [0.2, 0.25) is 5.91 Å². The highest BCUT2D eigenvalue weighted by molar-refractivity contribution is 9.10. The Balaban J connectivity index is 2.36. The molecular weight excluding hydrogens is 268 g/mol. The zero-order valence-corrected chi connectivity index (χ0v) is 9.27. The summed E-state index contributed by atoms with van der Waals surface area (Å²) in [7, 11) is 0. The molecule has 0 spiro atoms. The molecule has 1 N–H and O–H groups in total. The second kappa shape index (κ2) is 3.89. The standard InChI is InChI=1S/C10H8BrF2NO/c11-7-3-9(13)8(12)2-6(7)5-1-10(15)14-4-5/h2-3,5H,1,4H2,(H,14,15). The third-order valence-electron chi connectivity index (χ3n) is 2.46. The molecule has 1 heterocycles. The predicted molar refractivity (Wildman–Crippen MR) is 54.4 cm³/mol. The van der Waals surface area contributed by atoms with Crippen LogP contribution in [0.3, 0.4) is 0 Å². The van der Waals surface area contributed by atoms with Crippen LogP contribution in [0.25, 0.3) is 0 Å². The van der Waals surface area contributed by atoms with E-state index in [0.29, 0.717) is 23.0 Å². The largest absolute Gasteiger partial charge is 0.355 e. The molecule has 0 radical (unpaired) electrons. The maximum Gasteiger partial charge on any atom is 0.220 e. The van der Waals surface area contributed by atoms with E-state index in [2.05, 4.69) is 21.2 Å². The van der Waals surface area contributed by atoms with Crippen molar-refractivity contribution in [3.63, 3.8) is 0 Å². The maximum atomic E-state index is 13.0. The molecule has 1 saturated heterocycles. The van der Waals surface area contributed by atoms with E-state index in [9.17, 15) is 13.6 Å². The van der Waals surface area contributed by atoms with Gasteiger partial charge in [0.25, 0.3) is 0 Å². The summed E-state index contributed by atoms with van der Waals surface area (Å²) in [5.74, 6) is -1.91. The second-order valence-corrected chi connectivity index (χ2v) is 4.35. The fourth-order valence-corrected chi connectivity index (χ4v) is 2.32. The lowest BCUT2D eigenvalue weighted by atomic mass is 9.98. The van der Waals surface area contributed by atoms with E-state index in [1.807, 2.05) is 0 Å². The lowest BCUT2D eigenvalue weighted by Gasteiger charge is -2.10. The molecule has 0 aliphatic carbocycles. The molecule has 1 aromatic rings. The molecule has 1 fully saturated rings. The molecule has 0 saturated carbocycles. The monoisotopic (exact) mass is 275 g/mol. The number of rotatable bonds is 1. The van der Waals surface area contributed by atoms with Crippen molar-refractivity contribution in [2.45, 2.75) is 12.3 Å². The van der Waals surface area contributed by atoms with Crippen LogP contribution in [0.2, 0.25) is 0 Å². The lowest BCUT2D eigenvalue weighted by Crippen LogP contribution is -2.13. The first-order valence-corrected chi connectivity index (χ1v) is 5.28. The SMILES string of the molecule is O=C1CC(c2cc(F)c(F)cc2Br)CN1. The molecule has 15 heavy (non-hydrogen) atoms. The molecule has 0 aromatic heterocycles. The van der Waals surface area contributed by atoms with E-state index >= 15 is 0 Å². The number of benzene rings is 1. The fourth-order valence-electron chi connectivity index (χ4n) is 1.68. The summed E-state index contributed by atoms with van der Waals surface area (Å²) >= 11 is 3.17. The van der Waals surface area contributed by atoms with Crippen molar-refractivity contribution in [2.75, 3.05) is 6.54 Å². The van der Waals surface area contributed by atoms with Crippen LogP contribution >= 0.6 is 15.9 Å². The molecule has 1 amide bonds. The number of nitrogens with one attached hydrogen (secondary N) is 1. The Morgan fingerprint density at radius 1 is 1.33 bits per heavy atom. The Morgan fingerprint density at radius 3 is 2.60 bits per heavy atom. The number of carbonyl (C=O) groups excluding carboxylic acids is 1. The Kier molecular flexibility index (Phi) is 2.73. The predicted octanol–water partition coefficient (Wildman–Crippen LogP) is 2.33. The molecule has 0 bridgehead atoms. The fraction of sp³-hybridized carbons (Fsp3) is 0.300. The Bertz CT molecular complexity index is 422. The molecule has 1 aliphatic rings. The average molecular weight is 276 g/mol. The van der Waals surface area contributed by atoms with Gasteiger partial charge in [0.15, 0.2) is 11.6 Å². The Labute approximate surface area is 93.8 Å². The number of halogens is 3. The van der Waals surface area contributed by atoms with E-state index in [-0.39, 0.29) is 11.8 Å². The summed E-state index contributed by atoms with van der Waals surface area (Å²) in [5, 5.41) is 2.65. The van der Waals surface area contributed by atoms with Crippen molar-refractivity contribution in [2.24, 2.45) is 0 Å². The summed E-state index contributed by atoms with van der Waals surface area (Å²) < 4.78 is 26.3. The zero-order chi connectivity index (χ0) is 11.0. The van der Waals surface area contributed by atoms with Gasteiger partial charge in [0.1, 0.15) is 0 Å². The van der Waals surface area contributed by atoms with Gasteiger partial charge < -0.3 is 5.32 Å². The molecule has 80 valence electrons. The third-order valence-corrected chi connectivity index (χ3v) is 3.14. The number of amides is 1. The van der Waals surface area contributed by atoms with Gasteiger partial charge in [-0.3, -0.25) is 4.79 Å². The van der Waals surface area contributed by atoms with Crippen molar-refractivity contribution in [3.8, 4) is 0 Å². The van der Waals surface area contributed by atoms with Crippen molar-refractivity contribution < 1.29 is 13.6 Å². The highest BCUT2D eigenvalue weighted by Crippen LogP contribution is 2.31. The molecule has 1 aliphatic heterocycles. The van der Waals surface area contributed by atoms with Gasteiger partial charge in [0.05, 0.1) is 0 Å². The van der Waals surface area contributed by atoms with Crippen LogP contribution in [-0.4, -0.2) is 12.5 Å². The molecule has 2 rings (SSSR count). The van der Waals surface area contributed by atoms with Crippen LogP contribution in [0.5, 0.6) is 0 Å². The minimum absolute atomic E-state index is 0.0587. The van der Waals surface area contributed by atoms with Crippen LogP contribution in [0.1, 0.15) is 17.9 Å². The minimum Gasteiger partial charge on any atom is -0.355 e. The minimum atomic E-state index is -0.886. The molecule has 5 heteroatoms. The lowest BCUT2D eigenvalue weighted by molar-refractivity contribution is -0.119. The van der Waals surface area contributed by atoms with Gasteiger partial charge in [-0.05, 0) is 17.7 Å². The summed E-state index contributed by atoms with van der Waals surface area (Å²) in [6.07, 6.45) is 0.323. The zero-order valence-electron chi connectivity index (χ0n) is 7.69. The van der Waals surface area contributed by atoms with Crippen molar-refractivity contribution in [1.82, 2.24) is 5.32 Å². The van der Waals surface area contributed by atoms with E-state index in [4.69, 9.17) is 0 Å². The van der Waals surface area contributed by atoms with Crippen molar-refractivity contribution in [3.05, 3.63) is 33.8 Å². The first kappa shape index (κ1) is 10.5. The van der Waals surface area contributed by atoms with Crippen LogP contribution in [0.4, 0.5) is 8.78 Å². The van der Waals surface area contributed by atoms with Crippen molar-refractivity contribution in [1.29, 1.82) is 0 Å². The normalized spacial score (nSPS) is 20.5. The summed E-state index contributed by atoms with van der Waals surface area (Å²) in [5.41, 5.74) is 0.632. The number of hydrogen-bond acceptors (Lipinski definition) is 1. The summed E-state index contributed by atoms with van der Waals surface area (Å²) in [6, 6.07) is 2.23. The molecule has 1 atom stereocenters. The quantitative estimate of drug-likeness (QED) is 0.784. The second-order valence-electron chi connectivity index (χ2n) is 3.49. The van der Waals surface area contributed by atoms with Crippen LogP contribution in [0.15, 0.2) is 16.6 Å². The number of hydrogen-bond donors (Lipinski definition) is 1. The first-order chi connectivity index (χ1) is 7.08. The van der Waals surface area contributed by atoms with Gasteiger partial charge >= 0.3 is 0 Å². The van der Waals surface area contributed by atoms with E-state index in [0.717, 1.165) is 12.1 Å². The first-order valence-electron chi connectivity index (χ1n) is 4.49. The van der Waals surface area contributed by atoms with Gasteiger partial charge in [-0.25, -0.2) is 8.78 Å². The van der Waals surface area contributed by atoms with Gasteiger partial charge in [-0.2, -0.15) is 0 Å². The summed E-state index contributed by atoms with van der Waals surface area (Å²) in [4.78, 5) is 11.0. The summed E-state index contributed by atoms with van der Waals surface area (Å²) in [6.45, 7) is 0.475. The topological polar surface area (TPSA) is 29.1 Å². The smallest absolute Gasteiger partial charge is 0.220 e. The molecule has 2 nitrogen and oxygen atoms in total. The van der Waals surface area contributed by atoms with Gasteiger partial charge in [0, 0.05) is 23.4 Å². The number of carbonyl (C=O) groups is 1. The highest BCUT2D eigenvalue weighted by atomic mass is 79.9. The maximum absolute atomic E-state index is 13.0. The van der Waals surface area contributed by atoms with E-state index < -0.39 is 11.6 Å². The third kappa shape index (κ3) is 2.02. The van der Waals surface area contributed by atoms with E-state index in [1.54, 1.807) is 0 Å². The average Bonchev–Trinajstić information content (AvgIpc) is 2.58. The Hall–Kier alpha value is -0.970. The molecule has 1 unspecified atom stereocenters. The van der Waals surface area contributed by atoms with Crippen LogP contribution in [-0.2, 0) is 4.79 Å². The molecular formula is C10H8BrF2NO. The molecule has 1 aromatic carbocycles. The van der Waals surface area contributed by atoms with Crippen LogP contribution < -0.4 is 5.32 Å². The van der Waals surface area contributed by atoms with E-state index in [1.165, 1.54) is 0 Å².